The molecule has 0 aromatic heterocycles. The first-order chi connectivity index (χ1) is 19.9. The summed E-state index contributed by atoms with van der Waals surface area (Å²) in [5, 5.41) is 22.3. The van der Waals surface area contributed by atoms with Gasteiger partial charge in [0.1, 0.15) is 5.60 Å². The Labute approximate surface area is 262 Å². The largest absolute Gasteiger partial charge is 0.387 e. The Morgan fingerprint density at radius 2 is 1.23 bits per heavy atom. The van der Waals surface area contributed by atoms with Crippen LogP contribution in [0.5, 0.6) is 0 Å². The molecule has 0 aromatic carbocycles. The highest BCUT2D eigenvalue weighted by atomic mass is 16.5. The van der Waals surface area contributed by atoms with E-state index in [1.54, 1.807) is 13.0 Å². The fourth-order valence-corrected chi connectivity index (χ4v) is 7.09. The summed E-state index contributed by atoms with van der Waals surface area (Å²) in [4.78, 5) is 0. The monoisotopic (exact) mass is 586 g/mol. The Bertz CT molecular complexity index is 1270. The van der Waals surface area contributed by atoms with Crippen molar-refractivity contribution in [2.75, 3.05) is 0 Å². The second-order valence-corrected chi connectivity index (χ2v) is 14.9. The van der Waals surface area contributed by atoms with Crippen LogP contribution in [0.3, 0.4) is 0 Å². The van der Waals surface area contributed by atoms with Crippen LogP contribution in [0.4, 0.5) is 0 Å². The van der Waals surface area contributed by atoms with Gasteiger partial charge in [-0.05, 0) is 114 Å². The van der Waals surface area contributed by atoms with E-state index in [-0.39, 0.29) is 22.5 Å². The predicted molar refractivity (Wildman–Crippen MR) is 184 cm³/mol. The van der Waals surface area contributed by atoms with Gasteiger partial charge in [-0.25, -0.2) is 0 Å². The van der Waals surface area contributed by atoms with Gasteiger partial charge < -0.3 is 14.9 Å². The third-order valence-electron chi connectivity index (χ3n) is 10.1. The van der Waals surface area contributed by atoms with Crippen LogP contribution < -0.4 is 0 Å². The first kappa shape index (κ1) is 35.0. The van der Waals surface area contributed by atoms with Crippen molar-refractivity contribution in [3.8, 4) is 0 Å². The van der Waals surface area contributed by atoms with Crippen LogP contribution in [-0.2, 0) is 4.74 Å². The standard InChI is InChI=1S/C40H58O3/c1-30(19-13-20-32(3)23-28-40(42)37(7,8)25-16-27-39(40,10)41)17-11-12-18-31(2)21-14-22-33(4)34-29-35-36(5,6)24-15-26-38(35,9)43-34/h11-14,17-23,28-29,34,41-42H,15-16,24-27H2,1-10H3/b12-11+,19-13+,21-14+,28-23+,30-17+,31-18+,32-20+,33-22+/t34-,38-,39-,40+/m1/s1. The molecule has 1 heterocycles. The smallest absolute Gasteiger partial charge is 0.116 e. The fourth-order valence-electron chi connectivity index (χ4n) is 7.09. The van der Waals surface area contributed by atoms with Crippen LogP contribution in [0.1, 0.15) is 108 Å². The molecule has 0 spiro atoms. The Kier molecular flexibility index (Phi) is 11.1. The molecule has 0 aromatic rings. The molecule has 3 nitrogen and oxygen atoms in total. The van der Waals surface area contributed by atoms with Gasteiger partial charge in [0, 0.05) is 0 Å². The molecule has 0 unspecified atom stereocenters. The molecule has 0 radical (unpaired) electrons. The maximum atomic E-state index is 11.4. The normalized spacial score (nSPS) is 34.1. The summed E-state index contributed by atoms with van der Waals surface area (Å²) < 4.78 is 6.55. The van der Waals surface area contributed by atoms with Crippen LogP contribution in [0.15, 0.2) is 107 Å². The van der Waals surface area contributed by atoms with E-state index in [0.29, 0.717) is 6.42 Å². The topological polar surface area (TPSA) is 49.7 Å². The second kappa shape index (κ2) is 13.7. The van der Waals surface area contributed by atoms with Crippen molar-refractivity contribution in [2.24, 2.45) is 10.8 Å². The molecular weight excluding hydrogens is 528 g/mol. The van der Waals surface area contributed by atoms with Gasteiger partial charge in [0.15, 0.2) is 0 Å². The van der Waals surface area contributed by atoms with E-state index in [9.17, 15) is 10.2 Å². The summed E-state index contributed by atoms with van der Waals surface area (Å²) in [7, 11) is 0. The zero-order valence-corrected chi connectivity index (χ0v) is 28.6. The Morgan fingerprint density at radius 3 is 1.81 bits per heavy atom. The molecule has 0 bridgehead atoms. The predicted octanol–water partition coefficient (Wildman–Crippen LogP) is 9.98. The maximum absolute atomic E-state index is 11.4. The number of hydrogen-bond acceptors (Lipinski definition) is 3. The third kappa shape index (κ3) is 8.38. The van der Waals surface area contributed by atoms with Crippen molar-refractivity contribution in [3.63, 3.8) is 0 Å². The third-order valence-corrected chi connectivity index (χ3v) is 10.1. The highest BCUT2D eigenvalue weighted by molar-refractivity contribution is 5.37. The van der Waals surface area contributed by atoms with E-state index in [4.69, 9.17) is 4.74 Å². The molecule has 2 N–H and O–H groups in total. The molecule has 1 aliphatic heterocycles. The lowest BCUT2D eigenvalue weighted by Crippen LogP contribution is -2.62. The summed E-state index contributed by atoms with van der Waals surface area (Å²) in [6, 6.07) is 0. The molecule has 0 amide bonds. The minimum atomic E-state index is -1.26. The molecule has 3 aliphatic rings. The van der Waals surface area contributed by atoms with E-state index in [2.05, 4.69) is 96.2 Å². The molecule has 3 rings (SSSR count). The lowest BCUT2D eigenvalue weighted by atomic mass is 9.58. The molecule has 2 saturated carbocycles. The Hall–Kier alpha value is -2.46. The molecule has 0 saturated heterocycles. The average Bonchev–Trinajstić information content (AvgIpc) is 3.27. The second-order valence-electron chi connectivity index (χ2n) is 14.9. The summed E-state index contributed by atoms with van der Waals surface area (Å²) >= 11 is 0. The van der Waals surface area contributed by atoms with Crippen molar-refractivity contribution in [1.82, 2.24) is 0 Å². The summed E-state index contributed by atoms with van der Waals surface area (Å²) in [5.41, 5.74) is 3.39. The fraction of sp³-hybridized carbons (Fsp3) is 0.550. The van der Waals surface area contributed by atoms with Gasteiger partial charge >= 0.3 is 0 Å². The van der Waals surface area contributed by atoms with Gasteiger partial charge in [-0.1, -0.05) is 111 Å². The zero-order chi connectivity index (χ0) is 32.1. The van der Waals surface area contributed by atoms with Crippen molar-refractivity contribution in [2.45, 2.75) is 131 Å². The van der Waals surface area contributed by atoms with Crippen LogP contribution in [0.25, 0.3) is 0 Å². The maximum Gasteiger partial charge on any atom is 0.116 e. The molecule has 2 aliphatic carbocycles. The number of fused-ring (bicyclic) bond motifs is 1. The van der Waals surface area contributed by atoms with Crippen LogP contribution in [0.2, 0.25) is 0 Å². The lowest BCUT2D eigenvalue weighted by Gasteiger charge is -2.53. The van der Waals surface area contributed by atoms with Crippen molar-refractivity contribution < 1.29 is 14.9 Å². The number of ether oxygens (including phenoxy) is 1. The van der Waals surface area contributed by atoms with Gasteiger partial charge in [0.2, 0.25) is 0 Å². The Morgan fingerprint density at radius 1 is 0.698 bits per heavy atom. The van der Waals surface area contributed by atoms with Gasteiger partial charge in [0.05, 0.1) is 17.3 Å². The zero-order valence-electron chi connectivity index (χ0n) is 28.6. The number of rotatable bonds is 9. The van der Waals surface area contributed by atoms with E-state index in [1.165, 1.54) is 29.6 Å². The minimum Gasteiger partial charge on any atom is -0.387 e. The van der Waals surface area contributed by atoms with E-state index >= 15 is 0 Å². The first-order valence-electron chi connectivity index (χ1n) is 16.2. The van der Waals surface area contributed by atoms with Gasteiger partial charge in [-0.15, -0.1) is 0 Å². The van der Waals surface area contributed by atoms with Gasteiger partial charge in [0.25, 0.3) is 0 Å². The van der Waals surface area contributed by atoms with Crippen molar-refractivity contribution >= 4 is 0 Å². The highest BCUT2D eigenvalue weighted by Gasteiger charge is 2.56. The summed E-state index contributed by atoms with van der Waals surface area (Å²) in [6.45, 7) is 21.1. The van der Waals surface area contributed by atoms with Crippen LogP contribution in [-0.4, -0.2) is 33.1 Å². The van der Waals surface area contributed by atoms with Crippen LogP contribution in [0, 0.1) is 10.8 Å². The minimum absolute atomic E-state index is 0.0636. The number of hydrogen-bond donors (Lipinski definition) is 2. The van der Waals surface area contributed by atoms with Crippen molar-refractivity contribution in [1.29, 1.82) is 0 Å². The molecule has 4 atom stereocenters. The number of allylic oxidation sites excluding steroid dienone is 14. The van der Waals surface area contributed by atoms with E-state index in [0.717, 1.165) is 30.4 Å². The summed E-state index contributed by atoms with van der Waals surface area (Å²) in [5.74, 6) is 0. The molecule has 3 heteroatoms. The molecule has 2 fully saturated rings. The van der Waals surface area contributed by atoms with Gasteiger partial charge in [-0.2, -0.15) is 0 Å². The average molecular weight is 587 g/mol. The molecular formula is C40H58O3. The van der Waals surface area contributed by atoms with Crippen molar-refractivity contribution in [3.05, 3.63) is 107 Å². The van der Waals surface area contributed by atoms with E-state index < -0.39 is 11.2 Å². The van der Waals surface area contributed by atoms with E-state index in [1.807, 2.05) is 39.0 Å². The number of aliphatic hydroxyl groups is 2. The SMILES string of the molecule is CC(/C=C/C=C(C)/C=C/[C@]1(O)C(C)(C)CCC[C@@]1(C)O)=C\C=C\C=C(C)\C=C\C=C(/C)[C@H]1C=C2C(C)(C)CCC[C@@]2(C)O1. The summed E-state index contributed by atoms with van der Waals surface area (Å²) in [6.07, 6.45) is 33.0. The molecule has 43 heavy (non-hydrogen) atoms. The first-order valence-corrected chi connectivity index (χ1v) is 16.2. The molecule has 236 valence electrons. The quantitative estimate of drug-likeness (QED) is 0.209. The van der Waals surface area contributed by atoms with Gasteiger partial charge in [-0.3, -0.25) is 0 Å². The highest BCUT2D eigenvalue weighted by Crippen LogP contribution is 2.52. The van der Waals surface area contributed by atoms with Crippen LogP contribution >= 0.6 is 0 Å². The lowest BCUT2D eigenvalue weighted by molar-refractivity contribution is -0.194. The Balaban J connectivity index is 1.53.